The Morgan fingerprint density at radius 2 is 2.32 bits per heavy atom. The van der Waals surface area contributed by atoms with Crippen LogP contribution in [-0.2, 0) is 22.5 Å². The number of halogens is 1. The molecular formula is C18H22FN3O3. The van der Waals surface area contributed by atoms with Gasteiger partial charge in [0.15, 0.2) is 0 Å². The molecule has 6 nitrogen and oxygen atoms in total. The highest BCUT2D eigenvalue weighted by molar-refractivity contribution is 5.76. The van der Waals surface area contributed by atoms with Crippen molar-refractivity contribution < 1.29 is 19.0 Å². The van der Waals surface area contributed by atoms with Gasteiger partial charge in [-0.2, -0.15) is 5.10 Å². The van der Waals surface area contributed by atoms with Crippen molar-refractivity contribution in [2.75, 3.05) is 26.3 Å². The van der Waals surface area contributed by atoms with E-state index in [-0.39, 0.29) is 31.4 Å². The second-order valence-corrected chi connectivity index (χ2v) is 6.53. The Kier molecular flexibility index (Phi) is 5.15. The summed E-state index contributed by atoms with van der Waals surface area (Å²) in [5.41, 5.74) is 0.804. The van der Waals surface area contributed by atoms with Gasteiger partial charge in [-0.05, 0) is 30.2 Å². The molecule has 25 heavy (non-hydrogen) atoms. The standard InChI is InChI=1S/C18H22FN3O3/c1-14-9-20-22(10-14)11-17(24)21-5-6-25-18(12-21,13-23)8-15-3-2-4-16(19)7-15/h2-4,7,9-10,23H,5-6,8,11-13H2,1H3/t18-/m1/s1. The molecule has 7 heteroatoms. The summed E-state index contributed by atoms with van der Waals surface area (Å²) in [6.45, 7) is 2.88. The summed E-state index contributed by atoms with van der Waals surface area (Å²) in [5.74, 6) is -0.410. The molecule has 2 heterocycles. The van der Waals surface area contributed by atoms with Gasteiger partial charge in [0, 0.05) is 19.2 Å². The Labute approximate surface area is 145 Å². The Bertz CT molecular complexity index is 749. The van der Waals surface area contributed by atoms with Gasteiger partial charge in [-0.1, -0.05) is 12.1 Å². The highest BCUT2D eigenvalue weighted by Gasteiger charge is 2.38. The summed E-state index contributed by atoms with van der Waals surface area (Å²) in [6, 6.07) is 6.21. The summed E-state index contributed by atoms with van der Waals surface area (Å²) in [5, 5.41) is 14.0. The number of aliphatic hydroxyl groups excluding tert-OH is 1. The van der Waals surface area contributed by atoms with Gasteiger partial charge in [-0.25, -0.2) is 4.39 Å². The third-order valence-electron chi connectivity index (χ3n) is 4.36. The predicted octanol–water partition coefficient (Wildman–Crippen LogP) is 1.16. The summed E-state index contributed by atoms with van der Waals surface area (Å²) in [7, 11) is 0. The summed E-state index contributed by atoms with van der Waals surface area (Å²) in [6.07, 6.45) is 3.85. The molecule has 1 aliphatic heterocycles. The Morgan fingerprint density at radius 3 is 3.00 bits per heavy atom. The number of hydrogen-bond acceptors (Lipinski definition) is 4. The molecule has 1 fully saturated rings. The monoisotopic (exact) mass is 347 g/mol. The van der Waals surface area contributed by atoms with Gasteiger partial charge in [0.25, 0.3) is 0 Å². The molecule has 1 atom stereocenters. The van der Waals surface area contributed by atoms with Gasteiger partial charge in [0.1, 0.15) is 18.0 Å². The van der Waals surface area contributed by atoms with Crippen molar-refractivity contribution in [2.45, 2.75) is 25.5 Å². The lowest BCUT2D eigenvalue weighted by molar-refractivity contribution is -0.158. The molecule has 3 rings (SSSR count). The minimum Gasteiger partial charge on any atom is -0.393 e. The lowest BCUT2D eigenvalue weighted by atomic mass is 9.93. The van der Waals surface area contributed by atoms with E-state index in [1.165, 1.54) is 12.1 Å². The lowest BCUT2D eigenvalue weighted by Gasteiger charge is -2.42. The highest BCUT2D eigenvalue weighted by atomic mass is 19.1. The summed E-state index contributed by atoms with van der Waals surface area (Å²) in [4.78, 5) is 14.2. The van der Waals surface area contributed by atoms with E-state index < -0.39 is 5.60 Å². The number of morpholine rings is 1. The molecule has 1 amide bonds. The molecule has 1 aliphatic rings. The molecule has 0 radical (unpaired) electrons. The second kappa shape index (κ2) is 7.33. The summed E-state index contributed by atoms with van der Waals surface area (Å²) < 4.78 is 20.8. The number of benzene rings is 1. The third kappa shape index (κ3) is 4.24. The van der Waals surface area contributed by atoms with Crippen LogP contribution >= 0.6 is 0 Å². The van der Waals surface area contributed by atoms with Gasteiger partial charge >= 0.3 is 0 Å². The van der Waals surface area contributed by atoms with Crippen LogP contribution in [0.15, 0.2) is 36.7 Å². The van der Waals surface area contributed by atoms with Crippen molar-refractivity contribution in [3.63, 3.8) is 0 Å². The molecule has 1 aromatic heterocycles. The lowest BCUT2D eigenvalue weighted by Crippen LogP contribution is -2.57. The molecule has 0 saturated carbocycles. The van der Waals surface area contributed by atoms with E-state index in [1.807, 2.05) is 13.1 Å². The molecule has 134 valence electrons. The zero-order valence-electron chi connectivity index (χ0n) is 14.2. The highest BCUT2D eigenvalue weighted by Crippen LogP contribution is 2.23. The van der Waals surface area contributed by atoms with Gasteiger partial charge in [-0.15, -0.1) is 0 Å². The number of aliphatic hydroxyl groups is 1. The van der Waals surface area contributed by atoms with Gasteiger partial charge in [0.05, 0.1) is 26.0 Å². The number of hydrogen-bond donors (Lipinski definition) is 1. The minimum atomic E-state index is -0.915. The largest absolute Gasteiger partial charge is 0.393 e. The Hall–Kier alpha value is -2.25. The zero-order valence-corrected chi connectivity index (χ0v) is 14.2. The van der Waals surface area contributed by atoms with Gasteiger partial charge in [0.2, 0.25) is 5.91 Å². The maximum absolute atomic E-state index is 13.4. The number of ether oxygens (including phenoxy) is 1. The fraction of sp³-hybridized carbons (Fsp3) is 0.444. The molecule has 0 unspecified atom stereocenters. The first kappa shape index (κ1) is 17.6. The first-order chi connectivity index (χ1) is 12.0. The first-order valence-electron chi connectivity index (χ1n) is 8.26. The van der Waals surface area contributed by atoms with E-state index in [0.717, 1.165) is 11.1 Å². The van der Waals surface area contributed by atoms with Crippen LogP contribution in [0.2, 0.25) is 0 Å². The average Bonchev–Trinajstić information content (AvgIpc) is 3.00. The third-order valence-corrected chi connectivity index (χ3v) is 4.36. The fourth-order valence-corrected chi connectivity index (χ4v) is 3.13. The predicted molar refractivity (Wildman–Crippen MR) is 89.4 cm³/mol. The van der Waals surface area contributed by atoms with E-state index >= 15 is 0 Å². The topological polar surface area (TPSA) is 67.6 Å². The van der Waals surface area contributed by atoms with Crippen LogP contribution in [0.3, 0.4) is 0 Å². The molecule has 0 aliphatic carbocycles. The number of nitrogens with zero attached hydrogens (tertiary/aromatic N) is 3. The maximum Gasteiger partial charge on any atom is 0.244 e. The normalized spacial score (nSPS) is 20.7. The average molecular weight is 347 g/mol. The van der Waals surface area contributed by atoms with Gasteiger partial charge < -0.3 is 14.7 Å². The van der Waals surface area contributed by atoms with Crippen molar-refractivity contribution >= 4 is 5.91 Å². The first-order valence-corrected chi connectivity index (χ1v) is 8.26. The van der Waals surface area contributed by atoms with Crippen LogP contribution in [0.4, 0.5) is 4.39 Å². The van der Waals surface area contributed by atoms with Crippen LogP contribution in [0.1, 0.15) is 11.1 Å². The quantitative estimate of drug-likeness (QED) is 0.881. The number of carbonyl (C=O) groups excluding carboxylic acids is 1. The number of amides is 1. The molecule has 1 aromatic carbocycles. The number of carbonyl (C=O) groups is 1. The van der Waals surface area contributed by atoms with E-state index in [4.69, 9.17) is 4.74 Å². The zero-order chi connectivity index (χ0) is 17.9. The van der Waals surface area contributed by atoms with E-state index in [2.05, 4.69) is 5.10 Å². The Morgan fingerprint density at radius 1 is 1.48 bits per heavy atom. The number of aryl methyl sites for hydroxylation is 1. The van der Waals surface area contributed by atoms with E-state index in [9.17, 15) is 14.3 Å². The fourth-order valence-electron chi connectivity index (χ4n) is 3.13. The van der Waals surface area contributed by atoms with Crippen molar-refractivity contribution in [1.82, 2.24) is 14.7 Å². The maximum atomic E-state index is 13.4. The Balaban J connectivity index is 1.70. The minimum absolute atomic E-state index is 0.0801. The molecular weight excluding hydrogens is 325 g/mol. The van der Waals surface area contributed by atoms with Crippen molar-refractivity contribution in [2.24, 2.45) is 0 Å². The molecule has 0 spiro atoms. The van der Waals surface area contributed by atoms with Crippen LogP contribution in [-0.4, -0.2) is 57.6 Å². The van der Waals surface area contributed by atoms with Crippen molar-refractivity contribution in [3.05, 3.63) is 53.6 Å². The van der Waals surface area contributed by atoms with Gasteiger partial charge in [-0.3, -0.25) is 9.48 Å². The molecule has 1 N–H and O–H groups in total. The van der Waals surface area contributed by atoms with Crippen LogP contribution < -0.4 is 0 Å². The van der Waals surface area contributed by atoms with Crippen LogP contribution in [0.25, 0.3) is 0 Å². The van der Waals surface area contributed by atoms with Crippen molar-refractivity contribution in [1.29, 1.82) is 0 Å². The van der Waals surface area contributed by atoms with Crippen LogP contribution in [0.5, 0.6) is 0 Å². The van der Waals surface area contributed by atoms with Crippen molar-refractivity contribution in [3.8, 4) is 0 Å². The second-order valence-electron chi connectivity index (χ2n) is 6.53. The van der Waals surface area contributed by atoms with E-state index in [1.54, 1.807) is 27.9 Å². The number of aromatic nitrogens is 2. The van der Waals surface area contributed by atoms with Crippen LogP contribution in [0, 0.1) is 12.7 Å². The SMILES string of the molecule is Cc1cnn(CC(=O)N2CCO[C@](CO)(Cc3cccc(F)c3)C2)c1. The summed E-state index contributed by atoms with van der Waals surface area (Å²) >= 11 is 0. The molecule has 2 aromatic rings. The smallest absolute Gasteiger partial charge is 0.244 e. The molecule has 0 bridgehead atoms. The number of rotatable bonds is 5. The molecule has 1 saturated heterocycles. The van der Waals surface area contributed by atoms with E-state index in [0.29, 0.717) is 19.6 Å².